The predicted octanol–water partition coefficient (Wildman–Crippen LogP) is 3.56. The highest BCUT2D eigenvalue weighted by Gasteiger charge is 2.21. The van der Waals surface area contributed by atoms with Gasteiger partial charge in [0.1, 0.15) is 0 Å². The fraction of sp³-hybridized carbons (Fsp3) is 0.562. The number of hydrogen-bond donors (Lipinski definition) is 0. The van der Waals surface area contributed by atoms with E-state index in [2.05, 4.69) is 47.1 Å². The van der Waals surface area contributed by atoms with Gasteiger partial charge in [-0.3, -0.25) is 4.79 Å². The van der Waals surface area contributed by atoms with E-state index in [1.807, 2.05) is 4.90 Å². The molecular weight excluding hydrogens is 302 g/mol. The Hall–Kier alpha value is -0.830. The largest absolute Gasteiger partial charge is 0.343 e. The van der Waals surface area contributed by atoms with Gasteiger partial charge in [-0.1, -0.05) is 45.8 Å². The van der Waals surface area contributed by atoms with Crippen molar-refractivity contribution in [1.82, 2.24) is 4.90 Å². The normalized spacial score (nSPS) is 16.6. The van der Waals surface area contributed by atoms with Crippen LogP contribution in [-0.2, 0) is 11.2 Å². The molecule has 104 valence electrons. The summed E-state index contributed by atoms with van der Waals surface area (Å²) in [5.41, 5.74) is 2.53. The van der Waals surface area contributed by atoms with Gasteiger partial charge in [0, 0.05) is 24.8 Å². The zero-order valence-corrected chi connectivity index (χ0v) is 13.2. The standard InChI is InChI=1S/C16H22BrNO/c1-13-3-2-4-14(11-13)5-6-16(19)18-9-7-15(12-17)8-10-18/h2-4,11,15H,5-10,12H2,1H3. The molecule has 2 rings (SSSR count). The van der Waals surface area contributed by atoms with Crippen molar-refractivity contribution in [2.45, 2.75) is 32.6 Å². The van der Waals surface area contributed by atoms with Gasteiger partial charge in [-0.15, -0.1) is 0 Å². The first-order valence-corrected chi connectivity index (χ1v) is 8.20. The number of benzene rings is 1. The SMILES string of the molecule is Cc1cccc(CCC(=O)N2CCC(CBr)CC2)c1. The number of likely N-dealkylation sites (tertiary alicyclic amines) is 1. The number of carbonyl (C=O) groups excluding carboxylic acids is 1. The van der Waals surface area contributed by atoms with Gasteiger partial charge in [0.25, 0.3) is 0 Å². The average Bonchev–Trinajstić information content (AvgIpc) is 2.45. The van der Waals surface area contributed by atoms with E-state index < -0.39 is 0 Å². The van der Waals surface area contributed by atoms with Gasteiger partial charge >= 0.3 is 0 Å². The first-order valence-electron chi connectivity index (χ1n) is 7.08. The first kappa shape index (κ1) is 14.6. The lowest BCUT2D eigenvalue weighted by molar-refractivity contribution is -0.132. The molecular formula is C16H22BrNO. The molecule has 1 aromatic rings. The Labute approximate surface area is 124 Å². The molecule has 1 aliphatic heterocycles. The van der Waals surface area contributed by atoms with Crippen LogP contribution in [-0.4, -0.2) is 29.2 Å². The summed E-state index contributed by atoms with van der Waals surface area (Å²) in [6.07, 6.45) is 3.78. The van der Waals surface area contributed by atoms with E-state index in [0.717, 1.165) is 43.6 Å². The Morgan fingerprint density at radius 1 is 1.37 bits per heavy atom. The molecule has 0 unspecified atom stereocenters. The van der Waals surface area contributed by atoms with Crippen LogP contribution in [0.4, 0.5) is 0 Å². The van der Waals surface area contributed by atoms with Crippen LogP contribution >= 0.6 is 15.9 Å². The van der Waals surface area contributed by atoms with Crippen LogP contribution in [0.15, 0.2) is 24.3 Å². The van der Waals surface area contributed by atoms with Crippen molar-refractivity contribution in [2.24, 2.45) is 5.92 Å². The lowest BCUT2D eigenvalue weighted by Gasteiger charge is -2.31. The molecule has 1 aliphatic rings. The summed E-state index contributed by atoms with van der Waals surface area (Å²) in [6.45, 7) is 3.96. The van der Waals surface area contributed by atoms with E-state index in [1.165, 1.54) is 11.1 Å². The Morgan fingerprint density at radius 2 is 2.11 bits per heavy atom. The third-order valence-corrected chi connectivity index (χ3v) is 4.81. The molecule has 1 heterocycles. The average molecular weight is 324 g/mol. The maximum Gasteiger partial charge on any atom is 0.222 e. The first-order chi connectivity index (χ1) is 9.19. The van der Waals surface area contributed by atoms with Crippen molar-refractivity contribution < 1.29 is 4.79 Å². The van der Waals surface area contributed by atoms with Gasteiger partial charge in [-0.05, 0) is 37.7 Å². The van der Waals surface area contributed by atoms with Crippen LogP contribution in [0.1, 0.15) is 30.4 Å². The molecule has 0 aromatic heterocycles. The second-order valence-corrected chi connectivity index (χ2v) is 6.11. The van der Waals surface area contributed by atoms with Crippen LogP contribution in [0, 0.1) is 12.8 Å². The molecule has 19 heavy (non-hydrogen) atoms. The monoisotopic (exact) mass is 323 g/mol. The van der Waals surface area contributed by atoms with Gasteiger partial charge in [-0.25, -0.2) is 0 Å². The molecule has 0 saturated carbocycles. The fourth-order valence-electron chi connectivity index (χ4n) is 2.61. The number of nitrogens with zero attached hydrogens (tertiary/aromatic N) is 1. The number of aryl methyl sites for hydroxylation is 2. The fourth-order valence-corrected chi connectivity index (χ4v) is 3.26. The van der Waals surface area contributed by atoms with Gasteiger partial charge in [-0.2, -0.15) is 0 Å². The van der Waals surface area contributed by atoms with Crippen LogP contribution in [0.2, 0.25) is 0 Å². The smallest absolute Gasteiger partial charge is 0.222 e. The maximum absolute atomic E-state index is 12.2. The summed E-state index contributed by atoms with van der Waals surface area (Å²) in [5, 5.41) is 1.07. The summed E-state index contributed by atoms with van der Waals surface area (Å²) in [7, 11) is 0. The zero-order chi connectivity index (χ0) is 13.7. The number of amides is 1. The molecule has 1 aromatic carbocycles. The third-order valence-electron chi connectivity index (χ3n) is 3.90. The number of hydrogen-bond acceptors (Lipinski definition) is 1. The van der Waals surface area contributed by atoms with Gasteiger partial charge in [0.2, 0.25) is 5.91 Å². The quantitative estimate of drug-likeness (QED) is 0.776. The van der Waals surface area contributed by atoms with E-state index in [4.69, 9.17) is 0 Å². The lowest BCUT2D eigenvalue weighted by atomic mass is 9.98. The molecule has 1 fully saturated rings. The molecule has 0 spiro atoms. The Bertz CT molecular complexity index is 425. The van der Waals surface area contributed by atoms with Gasteiger partial charge < -0.3 is 4.90 Å². The lowest BCUT2D eigenvalue weighted by Crippen LogP contribution is -2.38. The molecule has 0 aliphatic carbocycles. The summed E-state index contributed by atoms with van der Waals surface area (Å²) in [4.78, 5) is 14.2. The van der Waals surface area contributed by atoms with E-state index in [0.29, 0.717) is 12.3 Å². The summed E-state index contributed by atoms with van der Waals surface area (Å²) in [5.74, 6) is 1.07. The van der Waals surface area contributed by atoms with E-state index >= 15 is 0 Å². The minimum Gasteiger partial charge on any atom is -0.343 e. The molecule has 0 N–H and O–H groups in total. The molecule has 1 amide bonds. The highest BCUT2D eigenvalue weighted by molar-refractivity contribution is 9.09. The van der Waals surface area contributed by atoms with Crippen LogP contribution in [0.5, 0.6) is 0 Å². The minimum absolute atomic E-state index is 0.314. The molecule has 0 bridgehead atoms. The zero-order valence-electron chi connectivity index (χ0n) is 11.6. The second-order valence-electron chi connectivity index (χ2n) is 5.47. The maximum atomic E-state index is 12.2. The summed E-state index contributed by atoms with van der Waals surface area (Å²) < 4.78 is 0. The molecule has 3 heteroatoms. The van der Waals surface area contributed by atoms with Gasteiger partial charge in [0.15, 0.2) is 0 Å². The minimum atomic E-state index is 0.314. The van der Waals surface area contributed by atoms with Crippen LogP contribution < -0.4 is 0 Å². The summed E-state index contributed by atoms with van der Waals surface area (Å²) in [6, 6.07) is 8.44. The molecule has 1 saturated heterocycles. The van der Waals surface area contributed by atoms with Crippen molar-refractivity contribution in [3.05, 3.63) is 35.4 Å². The van der Waals surface area contributed by atoms with Gasteiger partial charge in [0.05, 0.1) is 0 Å². The highest BCUT2D eigenvalue weighted by Crippen LogP contribution is 2.20. The predicted molar refractivity (Wildman–Crippen MR) is 82.6 cm³/mol. The number of rotatable bonds is 4. The molecule has 0 atom stereocenters. The third kappa shape index (κ3) is 4.34. The Morgan fingerprint density at radius 3 is 2.74 bits per heavy atom. The number of halogens is 1. The highest BCUT2D eigenvalue weighted by atomic mass is 79.9. The number of alkyl halides is 1. The second kappa shape index (κ2) is 7.09. The van der Waals surface area contributed by atoms with E-state index in [9.17, 15) is 4.79 Å². The number of piperidine rings is 1. The summed E-state index contributed by atoms with van der Waals surface area (Å²) >= 11 is 3.53. The van der Waals surface area contributed by atoms with Crippen molar-refractivity contribution in [3.63, 3.8) is 0 Å². The van der Waals surface area contributed by atoms with E-state index in [-0.39, 0.29) is 0 Å². The van der Waals surface area contributed by atoms with Crippen molar-refractivity contribution in [2.75, 3.05) is 18.4 Å². The molecule has 2 nitrogen and oxygen atoms in total. The molecule has 0 radical (unpaired) electrons. The van der Waals surface area contributed by atoms with E-state index in [1.54, 1.807) is 0 Å². The Balaban J connectivity index is 1.79. The van der Waals surface area contributed by atoms with Crippen LogP contribution in [0.25, 0.3) is 0 Å². The number of carbonyl (C=O) groups is 1. The van der Waals surface area contributed by atoms with Crippen LogP contribution in [0.3, 0.4) is 0 Å². The van der Waals surface area contributed by atoms with Crippen molar-refractivity contribution >= 4 is 21.8 Å². The van der Waals surface area contributed by atoms with Crippen molar-refractivity contribution in [1.29, 1.82) is 0 Å². The topological polar surface area (TPSA) is 20.3 Å². The Kier molecular flexibility index (Phi) is 5.44. The van der Waals surface area contributed by atoms with Crippen molar-refractivity contribution in [3.8, 4) is 0 Å².